The van der Waals surface area contributed by atoms with Crippen LogP contribution in [-0.4, -0.2) is 29.8 Å². The molecule has 0 bridgehead atoms. The van der Waals surface area contributed by atoms with Gasteiger partial charge in [0.05, 0.1) is 13.7 Å². The van der Waals surface area contributed by atoms with Crippen LogP contribution in [-0.2, 0) is 4.79 Å². The van der Waals surface area contributed by atoms with Crippen LogP contribution < -0.4 is 14.8 Å². The Morgan fingerprint density at radius 2 is 1.77 bits per heavy atom. The maximum absolute atomic E-state index is 12.0. The molecule has 0 unspecified atom stereocenters. The van der Waals surface area contributed by atoms with E-state index in [1.165, 1.54) is 11.3 Å². The number of amides is 1. The van der Waals surface area contributed by atoms with Crippen molar-refractivity contribution in [1.29, 1.82) is 0 Å². The fraction of sp³-hybridized carbons (Fsp3) is 0.211. The number of carbonyl (C=O) groups is 1. The zero-order valence-electron chi connectivity index (χ0n) is 14.3. The Labute approximate surface area is 155 Å². The molecule has 6 nitrogen and oxygen atoms in total. The molecule has 1 heterocycles. The van der Waals surface area contributed by atoms with Crippen LogP contribution in [0, 0.1) is 0 Å². The van der Waals surface area contributed by atoms with E-state index in [0.29, 0.717) is 24.6 Å². The molecule has 1 aromatic heterocycles. The van der Waals surface area contributed by atoms with Crippen molar-refractivity contribution in [2.24, 2.45) is 0 Å². The number of anilines is 1. The van der Waals surface area contributed by atoms with Crippen molar-refractivity contribution in [2.45, 2.75) is 12.8 Å². The topological polar surface area (TPSA) is 73.3 Å². The summed E-state index contributed by atoms with van der Waals surface area (Å²) < 4.78 is 10.7. The van der Waals surface area contributed by atoms with E-state index in [-0.39, 0.29) is 5.91 Å². The van der Waals surface area contributed by atoms with E-state index in [2.05, 4.69) is 15.5 Å². The van der Waals surface area contributed by atoms with Crippen molar-refractivity contribution < 1.29 is 14.3 Å². The normalized spacial score (nSPS) is 10.3. The van der Waals surface area contributed by atoms with Crippen molar-refractivity contribution in [3.8, 4) is 22.1 Å². The molecule has 0 atom stereocenters. The molecule has 2 aromatic carbocycles. The summed E-state index contributed by atoms with van der Waals surface area (Å²) in [4.78, 5) is 12.0. The summed E-state index contributed by atoms with van der Waals surface area (Å²) in [5.74, 6) is 1.44. The zero-order chi connectivity index (χ0) is 18.2. The number of hydrogen-bond acceptors (Lipinski definition) is 6. The molecule has 0 aliphatic rings. The van der Waals surface area contributed by atoms with Gasteiger partial charge >= 0.3 is 0 Å². The van der Waals surface area contributed by atoms with E-state index in [4.69, 9.17) is 9.47 Å². The maximum atomic E-state index is 12.0. The Hall–Kier alpha value is -2.93. The summed E-state index contributed by atoms with van der Waals surface area (Å²) in [5.41, 5.74) is 0.985. The van der Waals surface area contributed by atoms with Gasteiger partial charge in [-0.3, -0.25) is 4.79 Å². The standard InChI is InChI=1S/C19H19N3O3S/c1-24-15-9-11-16(12-10-15)25-13-5-8-17(23)20-19-22-21-18(26-19)14-6-3-2-4-7-14/h2-4,6-7,9-12H,5,8,13H2,1H3,(H,20,22,23). The van der Waals surface area contributed by atoms with Crippen molar-refractivity contribution in [3.63, 3.8) is 0 Å². The van der Waals surface area contributed by atoms with Gasteiger partial charge in [-0.05, 0) is 30.7 Å². The minimum absolute atomic E-state index is 0.0981. The Bertz CT molecular complexity index is 835. The summed E-state index contributed by atoms with van der Waals surface area (Å²) in [5, 5.41) is 12.2. The predicted molar refractivity (Wildman–Crippen MR) is 102 cm³/mol. The average Bonchev–Trinajstić information content (AvgIpc) is 3.15. The van der Waals surface area contributed by atoms with Gasteiger partial charge in [0.2, 0.25) is 11.0 Å². The first-order valence-corrected chi connectivity index (χ1v) is 9.02. The van der Waals surface area contributed by atoms with E-state index in [0.717, 1.165) is 22.1 Å². The van der Waals surface area contributed by atoms with Crippen molar-refractivity contribution >= 4 is 22.4 Å². The van der Waals surface area contributed by atoms with E-state index < -0.39 is 0 Å². The molecule has 0 spiro atoms. The second-order valence-corrected chi connectivity index (χ2v) is 6.43. The molecule has 0 saturated carbocycles. The SMILES string of the molecule is COc1ccc(OCCCC(=O)Nc2nnc(-c3ccccc3)s2)cc1. The number of nitrogens with one attached hydrogen (secondary N) is 1. The number of aromatic nitrogens is 2. The molecule has 0 aliphatic heterocycles. The predicted octanol–water partition coefficient (Wildman–Crippen LogP) is 4.01. The van der Waals surface area contributed by atoms with E-state index in [1.54, 1.807) is 7.11 Å². The second kappa shape index (κ2) is 8.96. The molecular weight excluding hydrogens is 350 g/mol. The van der Waals surface area contributed by atoms with Crippen molar-refractivity contribution in [3.05, 3.63) is 54.6 Å². The molecule has 0 fully saturated rings. The fourth-order valence-corrected chi connectivity index (χ4v) is 3.01. The number of hydrogen-bond donors (Lipinski definition) is 1. The summed E-state index contributed by atoms with van der Waals surface area (Å²) in [7, 11) is 1.62. The molecule has 134 valence electrons. The van der Waals surface area contributed by atoms with E-state index in [1.807, 2.05) is 54.6 Å². The molecule has 0 saturated heterocycles. The number of carbonyl (C=O) groups excluding carboxylic acids is 1. The third-order valence-electron chi connectivity index (χ3n) is 3.57. The highest BCUT2D eigenvalue weighted by Gasteiger charge is 2.09. The highest BCUT2D eigenvalue weighted by Crippen LogP contribution is 2.26. The van der Waals surface area contributed by atoms with Gasteiger partial charge in [0.1, 0.15) is 16.5 Å². The first-order chi connectivity index (χ1) is 12.7. The van der Waals surface area contributed by atoms with Crippen LogP contribution in [0.2, 0.25) is 0 Å². The molecular formula is C19H19N3O3S. The average molecular weight is 369 g/mol. The van der Waals surface area contributed by atoms with Crippen molar-refractivity contribution in [1.82, 2.24) is 10.2 Å². The number of rotatable bonds is 8. The number of ether oxygens (including phenoxy) is 2. The van der Waals surface area contributed by atoms with Crippen LogP contribution >= 0.6 is 11.3 Å². The quantitative estimate of drug-likeness (QED) is 0.607. The first kappa shape index (κ1) is 17.9. The van der Waals surface area contributed by atoms with E-state index >= 15 is 0 Å². The van der Waals surface area contributed by atoms with E-state index in [9.17, 15) is 4.79 Å². The van der Waals surface area contributed by atoms with Gasteiger partial charge in [-0.2, -0.15) is 0 Å². The van der Waals surface area contributed by atoms with Crippen LogP contribution in [0.4, 0.5) is 5.13 Å². The van der Waals surface area contributed by atoms with Gasteiger partial charge < -0.3 is 14.8 Å². The lowest BCUT2D eigenvalue weighted by Gasteiger charge is -2.06. The molecule has 0 radical (unpaired) electrons. The van der Waals surface area contributed by atoms with Crippen LogP contribution in [0.5, 0.6) is 11.5 Å². The second-order valence-electron chi connectivity index (χ2n) is 5.45. The van der Waals surface area contributed by atoms with Gasteiger partial charge in [-0.25, -0.2) is 0 Å². The third kappa shape index (κ3) is 5.03. The summed E-state index contributed by atoms with van der Waals surface area (Å²) in [6.07, 6.45) is 0.971. The minimum Gasteiger partial charge on any atom is -0.497 e. The van der Waals surface area contributed by atoms with Gasteiger partial charge in [0, 0.05) is 12.0 Å². The maximum Gasteiger partial charge on any atom is 0.226 e. The molecule has 1 amide bonds. The Kier molecular flexibility index (Phi) is 6.16. The van der Waals surface area contributed by atoms with Crippen LogP contribution in [0.25, 0.3) is 10.6 Å². The minimum atomic E-state index is -0.0981. The Morgan fingerprint density at radius 3 is 2.50 bits per heavy atom. The highest BCUT2D eigenvalue weighted by molar-refractivity contribution is 7.18. The number of nitrogens with zero attached hydrogens (tertiary/aromatic N) is 2. The summed E-state index contributed by atoms with van der Waals surface area (Å²) in [6, 6.07) is 17.1. The molecule has 0 aliphatic carbocycles. The molecule has 1 N–H and O–H groups in total. The zero-order valence-corrected chi connectivity index (χ0v) is 15.2. The highest BCUT2D eigenvalue weighted by atomic mass is 32.1. The van der Waals surface area contributed by atoms with Crippen LogP contribution in [0.3, 0.4) is 0 Å². The van der Waals surface area contributed by atoms with Crippen molar-refractivity contribution in [2.75, 3.05) is 19.0 Å². The van der Waals surface area contributed by atoms with Gasteiger partial charge in [0.15, 0.2) is 0 Å². The Balaban J connectivity index is 1.41. The van der Waals surface area contributed by atoms with Crippen LogP contribution in [0.1, 0.15) is 12.8 Å². The lowest BCUT2D eigenvalue weighted by atomic mass is 10.2. The summed E-state index contributed by atoms with van der Waals surface area (Å²) >= 11 is 1.36. The summed E-state index contributed by atoms with van der Waals surface area (Å²) in [6.45, 7) is 0.463. The molecule has 26 heavy (non-hydrogen) atoms. The molecule has 3 rings (SSSR count). The monoisotopic (exact) mass is 369 g/mol. The van der Waals surface area contributed by atoms with Gasteiger partial charge in [-0.1, -0.05) is 41.7 Å². The van der Waals surface area contributed by atoms with Gasteiger partial charge in [0.25, 0.3) is 0 Å². The Morgan fingerprint density at radius 1 is 1.04 bits per heavy atom. The number of methoxy groups -OCH3 is 1. The lowest BCUT2D eigenvalue weighted by Crippen LogP contribution is -2.12. The fourth-order valence-electron chi connectivity index (χ4n) is 2.25. The largest absolute Gasteiger partial charge is 0.497 e. The third-order valence-corrected chi connectivity index (χ3v) is 4.46. The smallest absolute Gasteiger partial charge is 0.226 e. The van der Waals surface area contributed by atoms with Gasteiger partial charge in [-0.15, -0.1) is 10.2 Å². The number of benzene rings is 2. The molecule has 7 heteroatoms. The first-order valence-electron chi connectivity index (χ1n) is 8.20. The van der Waals surface area contributed by atoms with Crippen LogP contribution in [0.15, 0.2) is 54.6 Å². The molecule has 3 aromatic rings. The lowest BCUT2D eigenvalue weighted by molar-refractivity contribution is -0.116.